The lowest BCUT2D eigenvalue weighted by atomic mass is 9.94. The second-order valence-corrected chi connectivity index (χ2v) is 8.09. The SMILES string of the molecule is CCC(=O)c1ccc(Br)cc1C(=O)OC(=O)c1cc(O)c(Br)c(CC)c1C(=O)CC. The molecular formula is C22H20Br2O6. The van der Waals surface area contributed by atoms with Crippen LogP contribution < -0.4 is 0 Å². The van der Waals surface area contributed by atoms with Gasteiger partial charge in [0.25, 0.3) is 0 Å². The number of hydrogen-bond donors (Lipinski definition) is 1. The molecule has 0 aliphatic rings. The second-order valence-electron chi connectivity index (χ2n) is 6.38. The molecule has 0 aromatic heterocycles. The van der Waals surface area contributed by atoms with E-state index in [1.54, 1.807) is 26.8 Å². The highest BCUT2D eigenvalue weighted by Gasteiger charge is 2.27. The number of ether oxygens (including phenoxy) is 1. The van der Waals surface area contributed by atoms with E-state index in [0.29, 0.717) is 20.9 Å². The van der Waals surface area contributed by atoms with Gasteiger partial charge in [-0.25, -0.2) is 9.59 Å². The molecule has 0 saturated carbocycles. The molecule has 0 spiro atoms. The van der Waals surface area contributed by atoms with Gasteiger partial charge in [-0.3, -0.25) is 9.59 Å². The number of benzene rings is 2. The summed E-state index contributed by atoms with van der Waals surface area (Å²) in [6.45, 7) is 5.08. The second kappa shape index (κ2) is 10.1. The number of hydrogen-bond acceptors (Lipinski definition) is 6. The zero-order chi connectivity index (χ0) is 22.6. The molecule has 0 amide bonds. The van der Waals surface area contributed by atoms with Crippen LogP contribution in [0.3, 0.4) is 0 Å². The molecule has 0 bridgehead atoms. The van der Waals surface area contributed by atoms with Crippen LogP contribution in [-0.2, 0) is 11.2 Å². The zero-order valence-corrected chi connectivity index (χ0v) is 19.8. The first kappa shape index (κ1) is 24.0. The van der Waals surface area contributed by atoms with Crippen LogP contribution in [0.4, 0.5) is 0 Å². The minimum atomic E-state index is -1.08. The first-order chi connectivity index (χ1) is 14.2. The Morgan fingerprint density at radius 1 is 0.867 bits per heavy atom. The van der Waals surface area contributed by atoms with Crippen LogP contribution in [0.25, 0.3) is 0 Å². The van der Waals surface area contributed by atoms with E-state index in [2.05, 4.69) is 31.9 Å². The van der Waals surface area contributed by atoms with Crippen molar-refractivity contribution in [2.45, 2.75) is 40.0 Å². The molecule has 0 saturated heterocycles. The molecule has 0 fully saturated rings. The van der Waals surface area contributed by atoms with Crippen LogP contribution in [0.5, 0.6) is 5.75 Å². The summed E-state index contributed by atoms with van der Waals surface area (Å²) in [5.41, 5.74) is 0.416. The molecule has 0 atom stereocenters. The van der Waals surface area contributed by atoms with Crippen molar-refractivity contribution in [1.82, 2.24) is 0 Å². The summed E-state index contributed by atoms with van der Waals surface area (Å²) >= 11 is 6.47. The Morgan fingerprint density at radius 3 is 2.03 bits per heavy atom. The number of aromatic hydroxyl groups is 1. The number of carbonyl (C=O) groups is 4. The molecule has 0 aliphatic heterocycles. The van der Waals surface area contributed by atoms with Crippen LogP contribution in [-0.4, -0.2) is 28.6 Å². The van der Waals surface area contributed by atoms with E-state index in [1.807, 2.05) is 0 Å². The number of halogens is 2. The highest BCUT2D eigenvalue weighted by atomic mass is 79.9. The number of phenols is 1. The lowest BCUT2D eigenvalue weighted by molar-refractivity contribution is 0.0393. The molecule has 0 aliphatic carbocycles. The van der Waals surface area contributed by atoms with Gasteiger partial charge in [-0.05, 0) is 52.2 Å². The average Bonchev–Trinajstić information content (AvgIpc) is 2.73. The first-order valence-corrected chi connectivity index (χ1v) is 10.9. The van der Waals surface area contributed by atoms with Gasteiger partial charge in [0.15, 0.2) is 11.6 Å². The van der Waals surface area contributed by atoms with Crippen LogP contribution in [0.1, 0.15) is 80.6 Å². The van der Waals surface area contributed by atoms with E-state index in [9.17, 15) is 24.3 Å². The molecule has 8 heteroatoms. The van der Waals surface area contributed by atoms with Crippen LogP contribution in [0.2, 0.25) is 0 Å². The van der Waals surface area contributed by atoms with Crippen molar-refractivity contribution in [3.63, 3.8) is 0 Å². The Kier molecular flexibility index (Phi) is 8.09. The highest BCUT2D eigenvalue weighted by Crippen LogP contribution is 2.34. The first-order valence-electron chi connectivity index (χ1n) is 9.32. The summed E-state index contributed by atoms with van der Waals surface area (Å²) in [6, 6.07) is 5.58. The maximum absolute atomic E-state index is 12.8. The van der Waals surface area contributed by atoms with E-state index in [-0.39, 0.29) is 52.4 Å². The summed E-state index contributed by atoms with van der Waals surface area (Å²) in [6.07, 6.45) is 0.662. The number of ketones is 2. The van der Waals surface area contributed by atoms with E-state index in [0.717, 1.165) is 6.07 Å². The maximum Gasteiger partial charge on any atom is 0.346 e. The van der Waals surface area contributed by atoms with Crippen LogP contribution in [0.15, 0.2) is 33.2 Å². The summed E-state index contributed by atoms with van der Waals surface area (Å²) in [5.74, 6) is -2.95. The number of esters is 2. The normalized spacial score (nSPS) is 10.6. The van der Waals surface area contributed by atoms with Crippen LogP contribution in [0, 0.1) is 0 Å². The highest BCUT2D eigenvalue weighted by molar-refractivity contribution is 9.10. The molecule has 6 nitrogen and oxygen atoms in total. The van der Waals surface area contributed by atoms with E-state index >= 15 is 0 Å². The fourth-order valence-electron chi connectivity index (χ4n) is 3.00. The van der Waals surface area contributed by atoms with Crippen molar-refractivity contribution in [3.05, 3.63) is 61.0 Å². The Bertz CT molecular complexity index is 1040. The number of carbonyl (C=O) groups excluding carboxylic acids is 4. The van der Waals surface area contributed by atoms with Gasteiger partial charge < -0.3 is 9.84 Å². The molecule has 2 aromatic rings. The number of rotatable bonds is 7. The topological polar surface area (TPSA) is 97.7 Å². The third-order valence-corrected chi connectivity index (χ3v) is 5.90. The van der Waals surface area contributed by atoms with E-state index < -0.39 is 11.9 Å². The molecule has 1 N–H and O–H groups in total. The lowest BCUT2D eigenvalue weighted by Gasteiger charge is -2.15. The molecule has 0 heterocycles. The van der Waals surface area contributed by atoms with Crippen molar-refractivity contribution in [2.75, 3.05) is 0 Å². The van der Waals surface area contributed by atoms with Crippen molar-refractivity contribution >= 4 is 55.4 Å². The van der Waals surface area contributed by atoms with Crippen molar-refractivity contribution in [2.24, 2.45) is 0 Å². The molecular weight excluding hydrogens is 520 g/mol. The Morgan fingerprint density at radius 2 is 1.47 bits per heavy atom. The van der Waals surface area contributed by atoms with Gasteiger partial charge in [0.05, 0.1) is 15.6 Å². The minimum absolute atomic E-state index is 0.0648. The van der Waals surface area contributed by atoms with Gasteiger partial charge in [-0.1, -0.05) is 36.7 Å². The van der Waals surface area contributed by atoms with Crippen molar-refractivity contribution < 1.29 is 29.0 Å². The Balaban J connectivity index is 2.53. The predicted octanol–water partition coefficient (Wildman–Crippen LogP) is 5.66. The molecule has 158 valence electrons. The fraction of sp³-hybridized carbons (Fsp3) is 0.273. The van der Waals surface area contributed by atoms with Gasteiger partial charge in [-0.15, -0.1) is 0 Å². The Hall–Kier alpha value is -2.32. The number of phenolic OH excluding ortho intramolecular Hbond substituents is 1. The summed E-state index contributed by atoms with van der Waals surface area (Å²) in [4.78, 5) is 50.2. The standard InChI is InChI=1S/C22H20Br2O6/c1-4-12-19(17(26)6-3)15(10-18(27)20(12)24)22(29)30-21(28)14-9-11(23)7-8-13(14)16(25)5-2/h7-10,27H,4-6H2,1-3H3. The molecule has 30 heavy (non-hydrogen) atoms. The summed E-state index contributed by atoms with van der Waals surface area (Å²) < 4.78 is 5.86. The van der Waals surface area contributed by atoms with Crippen molar-refractivity contribution in [3.8, 4) is 5.75 Å². The minimum Gasteiger partial charge on any atom is -0.507 e. The third-order valence-electron chi connectivity index (χ3n) is 4.52. The Labute approximate surface area is 190 Å². The molecule has 2 aromatic carbocycles. The maximum atomic E-state index is 12.8. The number of Topliss-reactive ketones (excluding diaryl/α,β-unsaturated/α-hetero) is 2. The zero-order valence-electron chi connectivity index (χ0n) is 16.7. The molecule has 2 rings (SSSR count). The van der Waals surface area contributed by atoms with Gasteiger partial charge in [0, 0.05) is 28.4 Å². The predicted molar refractivity (Wildman–Crippen MR) is 118 cm³/mol. The molecule has 0 radical (unpaired) electrons. The third kappa shape index (κ3) is 4.87. The van der Waals surface area contributed by atoms with Gasteiger partial charge in [-0.2, -0.15) is 0 Å². The summed E-state index contributed by atoms with van der Waals surface area (Å²) in [5, 5.41) is 10.2. The van der Waals surface area contributed by atoms with Crippen LogP contribution >= 0.6 is 31.9 Å². The van der Waals surface area contributed by atoms with Gasteiger partial charge in [0.1, 0.15) is 5.75 Å². The summed E-state index contributed by atoms with van der Waals surface area (Å²) in [7, 11) is 0. The monoisotopic (exact) mass is 538 g/mol. The molecule has 0 unspecified atom stereocenters. The average molecular weight is 540 g/mol. The fourth-order valence-corrected chi connectivity index (χ4v) is 3.95. The quantitative estimate of drug-likeness (QED) is 0.277. The smallest absolute Gasteiger partial charge is 0.346 e. The van der Waals surface area contributed by atoms with E-state index in [4.69, 9.17) is 4.74 Å². The van der Waals surface area contributed by atoms with Gasteiger partial charge in [0.2, 0.25) is 0 Å². The van der Waals surface area contributed by atoms with Crippen molar-refractivity contribution in [1.29, 1.82) is 0 Å². The lowest BCUT2D eigenvalue weighted by Crippen LogP contribution is -2.19. The van der Waals surface area contributed by atoms with E-state index in [1.165, 1.54) is 12.1 Å². The largest absolute Gasteiger partial charge is 0.507 e. The van der Waals surface area contributed by atoms with Gasteiger partial charge >= 0.3 is 11.9 Å².